The molecule has 18 heavy (non-hydrogen) atoms. The van der Waals surface area contributed by atoms with Crippen LogP contribution in [-0.4, -0.2) is 24.4 Å². The second kappa shape index (κ2) is 5.93. The van der Waals surface area contributed by atoms with Gasteiger partial charge in [0.25, 0.3) is 0 Å². The molecule has 0 atom stereocenters. The normalized spacial score (nSPS) is 10.4. The van der Waals surface area contributed by atoms with E-state index in [1.165, 1.54) is 0 Å². The van der Waals surface area contributed by atoms with Crippen molar-refractivity contribution < 1.29 is 4.74 Å². The molecule has 0 saturated carbocycles. The molecule has 94 valence electrons. The predicted octanol–water partition coefficient (Wildman–Crippen LogP) is 2.63. The van der Waals surface area contributed by atoms with Crippen molar-refractivity contribution in [2.45, 2.75) is 6.54 Å². The molecular weight excluding hydrogens is 294 g/mol. The quantitative estimate of drug-likeness (QED) is 0.943. The van der Waals surface area contributed by atoms with Crippen LogP contribution in [0.25, 0.3) is 11.3 Å². The smallest absolute Gasteiger partial charge is 0.133 e. The van der Waals surface area contributed by atoms with Crippen LogP contribution < -0.4 is 10.1 Å². The van der Waals surface area contributed by atoms with Crippen molar-refractivity contribution in [3.05, 3.63) is 40.5 Å². The van der Waals surface area contributed by atoms with Crippen LogP contribution in [0.5, 0.6) is 5.75 Å². The number of ether oxygens (including phenoxy) is 1. The average molecular weight is 308 g/mol. The molecule has 1 aromatic carbocycles. The highest BCUT2D eigenvalue weighted by Crippen LogP contribution is 2.29. The van der Waals surface area contributed by atoms with Gasteiger partial charge >= 0.3 is 0 Å². The largest absolute Gasteiger partial charge is 0.496 e. The van der Waals surface area contributed by atoms with Gasteiger partial charge in [-0.25, -0.2) is 0 Å². The van der Waals surface area contributed by atoms with Crippen molar-refractivity contribution in [2.24, 2.45) is 0 Å². The second-order valence-corrected chi connectivity index (χ2v) is 4.64. The molecule has 0 saturated heterocycles. The number of hydrogen-bond donors (Lipinski definition) is 1. The molecule has 0 aliphatic rings. The Bertz CT molecular complexity index is 528. The van der Waals surface area contributed by atoms with E-state index in [0.29, 0.717) is 0 Å². The van der Waals surface area contributed by atoms with Gasteiger partial charge in [-0.2, -0.15) is 10.2 Å². The Balaban J connectivity index is 2.28. The molecule has 0 radical (unpaired) electrons. The van der Waals surface area contributed by atoms with E-state index < -0.39 is 0 Å². The highest BCUT2D eigenvalue weighted by atomic mass is 79.9. The molecule has 2 rings (SSSR count). The van der Waals surface area contributed by atoms with E-state index in [-0.39, 0.29) is 0 Å². The third-order valence-corrected chi connectivity index (χ3v) is 3.14. The number of methoxy groups -OCH3 is 1. The van der Waals surface area contributed by atoms with Gasteiger partial charge < -0.3 is 10.1 Å². The molecule has 0 fully saturated rings. The summed E-state index contributed by atoms with van der Waals surface area (Å²) in [5, 5.41) is 11.4. The minimum Gasteiger partial charge on any atom is -0.496 e. The minimum atomic E-state index is 0.722. The lowest BCUT2D eigenvalue weighted by molar-refractivity contribution is 0.412. The molecule has 2 aromatic rings. The molecule has 0 bridgehead atoms. The van der Waals surface area contributed by atoms with Gasteiger partial charge in [-0.3, -0.25) is 0 Å². The molecule has 4 nitrogen and oxygen atoms in total. The van der Waals surface area contributed by atoms with Gasteiger partial charge in [0.1, 0.15) is 5.75 Å². The summed E-state index contributed by atoms with van der Waals surface area (Å²) < 4.78 is 6.10. The topological polar surface area (TPSA) is 47.0 Å². The Kier molecular flexibility index (Phi) is 4.28. The Labute approximate surface area is 115 Å². The number of benzene rings is 1. The summed E-state index contributed by atoms with van der Waals surface area (Å²) in [6.45, 7) is 0.722. The van der Waals surface area contributed by atoms with Crippen molar-refractivity contribution in [1.29, 1.82) is 0 Å². The molecule has 1 aromatic heterocycles. The predicted molar refractivity (Wildman–Crippen MR) is 74.5 cm³/mol. The summed E-state index contributed by atoms with van der Waals surface area (Å²) in [5.74, 6) is 0.804. The van der Waals surface area contributed by atoms with Gasteiger partial charge in [0, 0.05) is 12.1 Å². The van der Waals surface area contributed by atoms with Crippen LogP contribution in [0.4, 0.5) is 0 Å². The SMILES string of the molecule is CNCc1ccc(-c2ccc(OC)c(Br)c2)nn1. The molecule has 1 heterocycles. The molecular formula is C13H14BrN3O. The van der Waals surface area contributed by atoms with Gasteiger partial charge in [-0.15, -0.1) is 0 Å². The first-order chi connectivity index (χ1) is 8.74. The van der Waals surface area contributed by atoms with E-state index in [4.69, 9.17) is 4.74 Å². The van der Waals surface area contributed by atoms with Crippen LogP contribution in [-0.2, 0) is 6.54 Å². The highest BCUT2D eigenvalue weighted by Gasteiger charge is 2.05. The second-order valence-electron chi connectivity index (χ2n) is 3.79. The Morgan fingerprint density at radius 1 is 1.22 bits per heavy atom. The van der Waals surface area contributed by atoms with Crippen LogP contribution in [0.15, 0.2) is 34.8 Å². The fraction of sp³-hybridized carbons (Fsp3) is 0.231. The summed E-state index contributed by atoms with van der Waals surface area (Å²) in [4.78, 5) is 0. The maximum Gasteiger partial charge on any atom is 0.133 e. The van der Waals surface area contributed by atoms with Crippen molar-refractivity contribution in [2.75, 3.05) is 14.2 Å². The van der Waals surface area contributed by atoms with Crippen molar-refractivity contribution >= 4 is 15.9 Å². The number of halogens is 1. The van der Waals surface area contributed by atoms with Crippen LogP contribution in [0.2, 0.25) is 0 Å². The molecule has 0 spiro atoms. The molecule has 1 N–H and O–H groups in total. The molecule has 5 heteroatoms. The molecule has 0 aliphatic carbocycles. The van der Waals surface area contributed by atoms with E-state index in [1.54, 1.807) is 7.11 Å². The van der Waals surface area contributed by atoms with E-state index in [1.807, 2.05) is 37.4 Å². The Hall–Kier alpha value is -1.46. The van der Waals surface area contributed by atoms with E-state index in [2.05, 4.69) is 31.4 Å². The summed E-state index contributed by atoms with van der Waals surface area (Å²) >= 11 is 3.46. The average Bonchev–Trinajstić information content (AvgIpc) is 2.40. The number of nitrogens with zero attached hydrogens (tertiary/aromatic N) is 2. The monoisotopic (exact) mass is 307 g/mol. The summed E-state index contributed by atoms with van der Waals surface area (Å²) in [5.41, 5.74) is 2.78. The van der Waals surface area contributed by atoms with Crippen molar-refractivity contribution in [3.8, 4) is 17.0 Å². The lowest BCUT2D eigenvalue weighted by Crippen LogP contribution is -2.07. The van der Waals surface area contributed by atoms with Crippen LogP contribution in [0.1, 0.15) is 5.69 Å². The standard InChI is InChI=1S/C13H14BrN3O/c1-15-8-10-4-5-12(17-16-10)9-3-6-13(18-2)11(14)7-9/h3-7,15H,8H2,1-2H3. The zero-order valence-electron chi connectivity index (χ0n) is 10.3. The van der Waals surface area contributed by atoms with Crippen molar-refractivity contribution in [1.82, 2.24) is 15.5 Å². The van der Waals surface area contributed by atoms with E-state index >= 15 is 0 Å². The Morgan fingerprint density at radius 3 is 2.61 bits per heavy atom. The van der Waals surface area contributed by atoms with Gasteiger partial charge in [0.2, 0.25) is 0 Å². The first-order valence-corrected chi connectivity index (χ1v) is 6.35. The van der Waals surface area contributed by atoms with E-state index in [9.17, 15) is 0 Å². The molecule has 0 aliphatic heterocycles. The van der Waals surface area contributed by atoms with Crippen molar-refractivity contribution in [3.63, 3.8) is 0 Å². The highest BCUT2D eigenvalue weighted by molar-refractivity contribution is 9.10. The van der Waals surface area contributed by atoms with E-state index in [0.717, 1.165) is 33.7 Å². The van der Waals surface area contributed by atoms with Gasteiger partial charge in [-0.1, -0.05) is 0 Å². The first-order valence-electron chi connectivity index (χ1n) is 5.55. The van der Waals surface area contributed by atoms with Gasteiger partial charge in [0.15, 0.2) is 0 Å². The number of nitrogens with one attached hydrogen (secondary N) is 1. The number of rotatable bonds is 4. The van der Waals surface area contributed by atoms with Crippen LogP contribution >= 0.6 is 15.9 Å². The summed E-state index contributed by atoms with van der Waals surface area (Å²) in [7, 11) is 3.53. The van der Waals surface area contributed by atoms with Gasteiger partial charge in [0.05, 0.1) is 23.0 Å². The zero-order chi connectivity index (χ0) is 13.0. The van der Waals surface area contributed by atoms with Gasteiger partial charge in [-0.05, 0) is 53.3 Å². The van der Waals surface area contributed by atoms with Crippen LogP contribution in [0, 0.1) is 0 Å². The first kappa shape index (κ1) is 13.0. The third kappa shape index (κ3) is 2.86. The van der Waals surface area contributed by atoms with Crippen LogP contribution in [0.3, 0.4) is 0 Å². The number of hydrogen-bond acceptors (Lipinski definition) is 4. The Morgan fingerprint density at radius 2 is 2.06 bits per heavy atom. The summed E-state index contributed by atoms with van der Waals surface area (Å²) in [6, 6.07) is 9.78. The maximum absolute atomic E-state index is 5.20. The molecule has 0 unspecified atom stereocenters. The summed E-state index contributed by atoms with van der Waals surface area (Å²) in [6.07, 6.45) is 0. The fourth-order valence-corrected chi connectivity index (χ4v) is 2.16. The zero-order valence-corrected chi connectivity index (χ0v) is 11.9. The minimum absolute atomic E-state index is 0.722. The lowest BCUT2D eigenvalue weighted by Gasteiger charge is -2.06. The maximum atomic E-state index is 5.20. The molecule has 0 amide bonds. The fourth-order valence-electron chi connectivity index (χ4n) is 1.61. The number of aromatic nitrogens is 2. The lowest BCUT2D eigenvalue weighted by atomic mass is 10.1. The third-order valence-electron chi connectivity index (χ3n) is 2.53.